The molecule has 0 saturated carbocycles. The summed E-state index contributed by atoms with van der Waals surface area (Å²) in [4.78, 5) is 3.67. The zero-order chi connectivity index (χ0) is 14.8. The number of aromatic nitrogens is 1. The summed E-state index contributed by atoms with van der Waals surface area (Å²) in [6, 6.07) is 8.70. The third-order valence-corrected chi connectivity index (χ3v) is 4.01. The van der Waals surface area contributed by atoms with E-state index in [1.165, 1.54) is 36.5 Å². The van der Waals surface area contributed by atoms with Crippen molar-refractivity contribution in [3.63, 3.8) is 0 Å². The summed E-state index contributed by atoms with van der Waals surface area (Å²) in [5, 5.41) is 9.28. The van der Waals surface area contributed by atoms with Crippen LogP contribution >= 0.6 is 11.6 Å². The highest BCUT2D eigenvalue weighted by molar-refractivity contribution is 7.92. The predicted octanol–water partition coefficient (Wildman–Crippen LogP) is 1.99. The van der Waals surface area contributed by atoms with Gasteiger partial charge in [0.25, 0.3) is 10.0 Å². The number of nitriles is 1. The van der Waals surface area contributed by atoms with Crippen LogP contribution in [0.4, 0.5) is 11.5 Å². The van der Waals surface area contributed by atoms with Gasteiger partial charge in [-0.1, -0.05) is 11.6 Å². The largest absolute Gasteiger partial charge is 0.384 e. The van der Waals surface area contributed by atoms with Crippen LogP contribution in [0.15, 0.2) is 41.4 Å². The quantitative estimate of drug-likeness (QED) is 0.901. The van der Waals surface area contributed by atoms with Crippen molar-refractivity contribution in [1.82, 2.24) is 4.98 Å². The minimum absolute atomic E-state index is 0.0473. The zero-order valence-electron chi connectivity index (χ0n) is 10.0. The molecule has 0 spiro atoms. The third kappa shape index (κ3) is 2.99. The molecule has 20 heavy (non-hydrogen) atoms. The normalized spacial score (nSPS) is 10.8. The van der Waals surface area contributed by atoms with E-state index in [2.05, 4.69) is 9.71 Å². The predicted molar refractivity (Wildman–Crippen MR) is 75.6 cm³/mol. The van der Waals surface area contributed by atoms with Crippen LogP contribution in [0.2, 0.25) is 5.02 Å². The van der Waals surface area contributed by atoms with Crippen LogP contribution in [-0.2, 0) is 10.0 Å². The first-order valence-electron chi connectivity index (χ1n) is 5.36. The van der Waals surface area contributed by atoms with Crippen molar-refractivity contribution in [1.29, 1.82) is 5.26 Å². The van der Waals surface area contributed by atoms with Crippen molar-refractivity contribution in [2.75, 3.05) is 10.5 Å². The van der Waals surface area contributed by atoms with Gasteiger partial charge in [-0.15, -0.1) is 0 Å². The highest BCUT2D eigenvalue weighted by Crippen LogP contribution is 2.23. The highest BCUT2D eigenvalue weighted by Gasteiger charge is 2.16. The first kappa shape index (κ1) is 14.1. The molecule has 0 aliphatic carbocycles. The molecular weight excluding hydrogens is 300 g/mol. The number of pyridine rings is 1. The minimum Gasteiger partial charge on any atom is -0.384 e. The van der Waals surface area contributed by atoms with E-state index < -0.39 is 10.0 Å². The van der Waals surface area contributed by atoms with Crippen LogP contribution < -0.4 is 10.5 Å². The Balaban J connectivity index is 2.44. The number of rotatable bonds is 3. The molecule has 0 aliphatic heterocycles. The number of hydrogen-bond acceptors (Lipinski definition) is 5. The molecule has 1 aromatic carbocycles. The number of halogens is 1. The van der Waals surface area contributed by atoms with Crippen molar-refractivity contribution < 1.29 is 8.42 Å². The average molecular weight is 309 g/mol. The van der Waals surface area contributed by atoms with E-state index in [4.69, 9.17) is 22.6 Å². The molecule has 0 saturated heterocycles. The molecule has 0 atom stereocenters. The lowest BCUT2D eigenvalue weighted by molar-refractivity contribution is 0.601. The Labute approximate surface area is 120 Å². The SMILES string of the molecule is N#Cc1ccc(Cl)cc1NS(=O)(=O)c1ccnc(N)c1. The molecule has 0 amide bonds. The summed E-state index contributed by atoms with van der Waals surface area (Å²) in [5.74, 6) is 0.0828. The lowest BCUT2D eigenvalue weighted by Crippen LogP contribution is -2.14. The van der Waals surface area contributed by atoms with Gasteiger partial charge in [-0.2, -0.15) is 5.26 Å². The zero-order valence-corrected chi connectivity index (χ0v) is 11.6. The van der Waals surface area contributed by atoms with Gasteiger partial charge in [-0.25, -0.2) is 13.4 Å². The van der Waals surface area contributed by atoms with Gasteiger partial charge in [0.15, 0.2) is 0 Å². The van der Waals surface area contributed by atoms with E-state index >= 15 is 0 Å². The molecule has 1 aromatic heterocycles. The molecule has 3 N–H and O–H groups in total. The maximum Gasteiger partial charge on any atom is 0.262 e. The Kier molecular flexibility index (Phi) is 3.79. The van der Waals surface area contributed by atoms with Crippen LogP contribution in [0.5, 0.6) is 0 Å². The first-order chi connectivity index (χ1) is 9.42. The van der Waals surface area contributed by atoms with E-state index in [1.807, 2.05) is 6.07 Å². The number of nitrogen functional groups attached to an aromatic ring is 1. The van der Waals surface area contributed by atoms with E-state index in [0.29, 0.717) is 5.02 Å². The smallest absolute Gasteiger partial charge is 0.262 e. The van der Waals surface area contributed by atoms with Crippen LogP contribution in [-0.4, -0.2) is 13.4 Å². The maximum absolute atomic E-state index is 12.2. The molecule has 0 bridgehead atoms. The number of nitrogens with one attached hydrogen (secondary N) is 1. The number of hydrogen-bond donors (Lipinski definition) is 2. The summed E-state index contributed by atoms with van der Waals surface area (Å²) in [6.07, 6.45) is 1.28. The number of sulfonamides is 1. The fraction of sp³-hybridized carbons (Fsp3) is 0. The summed E-state index contributed by atoms with van der Waals surface area (Å²) in [6.45, 7) is 0. The van der Waals surface area contributed by atoms with E-state index in [9.17, 15) is 8.42 Å². The van der Waals surface area contributed by atoms with Crippen LogP contribution in [0.25, 0.3) is 0 Å². The van der Waals surface area contributed by atoms with Crippen molar-refractivity contribution >= 4 is 33.1 Å². The van der Waals surface area contributed by atoms with Gasteiger partial charge in [0, 0.05) is 17.3 Å². The standard InChI is InChI=1S/C12H9ClN4O2S/c13-9-2-1-8(7-14)11(5-9)17-20(18,19)10-3-4-16-12(15)6-10/h1-6,17H,(H2,15,16). The summed E-state index contributed by atoms with van der Waals surface area (Å²) in [7, 11) is -3.86. The lowest BCUT2D eigenvalue weighted by atomic mass is 10.2. The van der Waals surface area contributed by atoms with Gasteiger partial charge < -0.3 is 5.73 Å². The minimum atomic E-state index is -3.86. The average Bonchev–Trinajstić information content (AvgIpc) is 2.38. The van der Waals surface area contributed by atoms with Gasteiger partial charge in [0.05, 0.1) is 16.1 Å². The van der Waals surface area contributed by atoms with Gasteiger partial charge in [-0.3, -0.25) is 4.72 Å². The topological polar surface area (TPSA) is 109 Å². The van der Waals surface area contributed by atoms with Crippen LogP contribution in [0, 0.1) is 11.3 Å². The number of anilines is 2. The maximum atomic E-state index is 12.2. The Morgan fingerprint density at radius 3 is 2.70 bits per heavy atom. The van der Waals surface area contributed by atoms with E-state index in [0.717, 1.165) is 0 Å². The van der Waals surface area contributed by atoms with Crippen LogP contribution in [0.3, 0.4) is 0 Å². The highest BCUT2D eigenvalue weighted by atomic mass is 35.5. The Morgan fingerprint density at radius 2 is 2.05 bits per heavy atom. The van der Waals surface area contributed by atoms with Crippen molar-refractivity contribution in [2.45, 2.75) is 4.90 Å². The molecule has 0 fully saturated rings. The first-order valence-corrected chi connectivity index (χ1v) is 7.22. The van der Waals surface area contributed by atoms with Gasteiger partial charge in [0.1, 0.15) is 11.9 Å². The number of benzene rings is 1. The monoisotopic (exact) mass is 308 g/mol. The lowest BCUT2D eigenvalue weighted by Gasteiger charge is -2.10. The number of nitrogens with two attached hydrogens (primary N) is 1. The second kappa shape index (κ2) is 5.36. The van der Waals surface area contributed by atoms with Crippen molar-refractivity contribution in [3.05, 3.63) is 47.1 Å². The van der Waals surface area contributed by atoms with Gasteiger partial charge in [0.2, 0.25) is 0 Å². The fourth-order valence-electron chi connectivity index (χ4n) is 1.50. The Morgan fingerprint density at radius 1 is 1.30 bits per heavy atom. The molecule has 2 rings (SSSR count). The second-order valence-electron chi connectivity index (χ2n) is 3.82. The molecule has 6 nitrogen and oxygen atoms in total. The molecule has 0 unspecified atom stereocenters. The summed E-state index contributed by atoms with van der Waals surface area (Å²) in [5.41, 5.74) is 5.73. The van der Waals surface area contributed by atoms with Gasteiger partial charge >= 0.3 is 0 Å². The molecule has 102 valence electrons. The summed E-state index contributed by atoms with van der Waals surface area (Å²) < 4.78 is 26.7. The number of nitrogens with zero attached hydrogens (tertiary/aromatic N) is 2. The second-order valence-corrected chi connectivity index (χ2v) is 5.94. The third-order valence-electron chi connectivity index (χ3n) is 2.41. The van der Waals surface area contributed by atoms with Gasteiger partial charge in [-0.05, 0) is 24.3 Å². The fourth-order valence-corrected chi connectivity index (χ4v) is 2.76. The van der Waals surface area contributed by atoms with Crippen LogP contribution in [0.1, 0.15) is 5.56 Å². The van der Waals surface area contributed by atoms with Crippen molar-refractivity contribution in [3.8, 4) is 6.07 Å². The van der Waals surface area contributed by atoms with Crippen molar-refractivity contribution in [2.24, 2.45) is 0 Å². The molecule has 1 heterocycles. The molecule has 2 aromatic rings. The van der Waals surface area contributed by atoms with E-state index in [1.54, 1.807) is 0 Å². The summed E-state index contributed by atoms with van der Waals surface area (Å²) >= 11 is 5.80. The Hall–Kier alpha value is -2.30. The molecule has 8 heteroatoms. The molecular formula is C12H9ClN4O2S. The van der Waals surface area contributed by atoms with E-state index in [-0.39, 0.29) is 22.0 Å². The molecule has 0 radical (unpaired) electrons. The molecule has 0 aliphatic rings. The Bertz CT molecular complexity index is 799.